The number of benzene rings is 1. The summed E-state index contributed by atoms with van der Waals surface area (Å²) in [6.45, 7) is 1.39. The maximum absolute atomic E-state index is 12.0. The van der Waals surface area contributed by atoms with Crippen LogP contribution in [-0.4, -0.2) is 35.5 Å². The number of carbonyl (C=O) groups excluding carboxylic acids is 1. The van der Waals surface area contributed by atoms with E-state index in [4.69, 9.17) is 9.47 Å². The van der Waals surface area contributed by atoms with E-state index in [-0.39, 0.29) is 12.1 Å². The van der Waals surface area contributed by atoms with Crippen molar-refractivity contribution in [3.05, 3.63) is 29.3 Å². The number of hydrogen-bond donors (Lipinski definition) is 2. The number of nitrogens with zero attached hydrogens (tertiary/aromatic N) is 2. The molecule has 2 heterocycles. The minimum absolute atomic E-state index is 0.191. The maximum Gasteiger partial charge on any atom is 0.325 e. The second-order valence-corrected chi connectivity index (χ2v) is 7.28. The second kappa shape index (κ2) is 7.37. The zero-order chi connectivity index (χ0) is 17.1. The van der Waals surface area contributed by atoms with E-state index in [0.29, 0.717) is 23.3 Å². The molecule has 2 fully saturated rings. The van der Waals surface area contributed by atoms with E-state index in [1.807, 2.05) is 12.1 Å². The highest BCUT2D eigenvalue weighted by Gasteiger charge is 2.27. The number of nitrogens with one attached hydrogen (secondary N) is 2. The van der Waals surface area contributed by atoms with E-state index in [1.54, 1.807) is 12.1 Å². The van der Waals surface area contributed by atoms with Gasteiger partial charge in [0.05, 0.1) is 6.10 Å². The fourth-order valence-electron chi connectivity index (χ4n) is 2.64. The summed E-state index contributed by atoms with van der Waals surface area (Å²) < 4.78 is 11.2. The Balaban J connectivity index is 1.25. The molecule has 1 aliphatic heterocycles. The molecule has 2 aromatic rings. The Morgan fingerprint density at radius 3 is 2.76 bits per heavy atom. The summed E-state index contributed by atoms with van der Waals surface area (Å²) in [5, 5.41) is 15.1. The van der Waals surface area contributed by atoms with E-state index in [1.165, 1.54) is 24.2 Å². The third-order valence-corrected chi connectivity index (χ3v) is 5.16. The molecule has 0 unspecified atom stereocenters. The molecule has 0 bridgehead atoms. The predicted octanol–water partition coefficient (Wildman–Crippen LogP) is 3.62. The van der Waals surface area contributed by atoms with Gasteiger partial charge in [0.15, 0.2) is 0 Å². The monoisotopic (exact) mass is 360 g/mol. The first-order chi connectivity index (χ1) is 12.3. The Bertz CT molecular complexity index is 724. The first-order valence-corrected chi connectivity index (χ1v) is 9.34. The zero-order valence-corrected chi connectivity index (χ0v) is 14.6. The number of urea groups is 1. The van der Waals surface area contributed by atoms with Crippen LogP contribution in [0, 0.1) is 0 Å². The SMILES string of the molecule is O=C(Nc1ccc(OC[C@@H]2CCCO2)cc1)Nc1nnc(C2CC2)s1. The molecule has 1 saturated carbocycles. The Labute approximate surface area is 149 Å². The van der Waals surface area contributed by atoms with Crippen molar-refractivity contribution in [1.29, 1.82) is 0 Å². The molecular formula is C17H20N4O3S. The molecule has 2 N–H and O–H groups in total. The van der Waals surface area contributed by atoms with Crippen molar-refractivity contribution in [3.8, 4) is 5.75 Å². The molecule has 8 heteroatoms. The van der Waals surface area contributed by atoms with Crippen LogP contribution in [0.1, 0.15) is 36.6 Å². The molecule has 1 saturated heterocycles. The van der Waals surface area contributed by atoms with E-state index in [9.17, 15) is 4.79 Å². The third kappa shape index (κ3) is 4.46. The quantitative estimate of drug-likeness (QED) is 0.822. The molecule has 25 heavy (non-hydrogen) atoms. The molecule has 2 amide bonds. The van der Waals surface area contributed by atoms with Crippen molar-refractivity contribution in [2.75, 3.05) is 23.8 Å². The topological polar surface area (TPSA) is 85.4 Å². The Morgan fingerprint density at radius 1 is 1.20 bits per heavy atom. The summed E-state index contributed by atoms with van der Waals surface area (Å²) in [6, 6.07) is 6.95. The van der Waals surface area contributed by atoms with Crippen LogP contribution >= 0.6 is 11.3 Å². The van der Waals surface area contributed by atoms with E-state index >= 15 is 0 Å². The van der Waals surface area contributed by atoms with Crippen LogP contribution in [0.2, 0.25) is 0 Å². The van der Waals surface area contributed by atoms with Gasteiger partial charge in [-0.25, -0.2) is 4.79 Å². The first-order valence-electron chi connectivity index (χ1n) is 8.52. The van der Waals surface area contributed by atoms with Crippen LogP contribution in [0.4, 0.5) is 15.6 Å². The molecule has 0 spiro atoms. The summed E-state index contributed by atoms with van der Waals surface area (Å²) in [6.07, 6.45) is 4.68. The molecular weight excluding hydrogens is 340 g/mol. The van der Waals surface area contributed by atoms with Gasteiger partial charge in [-0.15, -0.1) is 10.2 Å². The highest BCUT2D eigenvalue weighted by molar-refractivity contribution is 7.15. The summed E-state index contributed by atoms with van der Waals surface area (Å²) >= 11 is 1.44. The van der Waals surface area contributed by atoms with Gasteiger partial charge >= 0.3 is 6.03 Å². The lowest BCUT2D eigenvalue weighted by molar-refractivity contribution is 0.0679. The Hall–Kier alpha value is -2.19. The summed E-state index contributed by atoms with van der Waals surface area (Å²) in [5.41, 5.74) is 0.689. The van der Waals surface area contributed by atoms with Crippen molar-refractivity contribution >= 4 is 28.2 Å². The van der Waals surface area contributed by atoms with E-state index < -0.39 is 0 Å². The van der Waals surface area contributed by atoms with Crippen molar-refractivity contribution < 1.29 is 14.3 Å². The Kier molecular flexibility index (Phi) is 4.80. The number of rotatable bonds is 6. The van der Waals surface area contributed by atoms with Crippen molar-refractivity contribution in [2.45, 2.75) is 37.7 Å². The number of ether oxygens (including phenoxy) is 2. The molecule has 0 radical (unpaired) electrons. The van der Waals surface area contributed by atoms with E-state index in [0.717, 1.165) is 30.2 Å². The number of amides is 2. The molecule has 7 nitrogen and oxygen atoms in total. The number of aromatic nitrogens is 2. The number of hydrogen-bond acceptors (Lipinski definition) is 6. The minimum Gasteiger partial charge on any atom is -0.491 e. The first kappa shape index (κ1) is 16.3. The van der Waals surface area contributed by atoms with Gasteiger partial charge in [-0.3, -0.25) is 5.32 Å². The van der Waals surface area contributed by atoms with E-state index in [2.05, 4.69) is 20.8 Å². The van der Waals surface area contributed by atoms with Gasteiger partial charge < -0.3 is 14.8 Å². The zero-order valence-electron chi connectivity index (χ0n) is 13.7. The molecule has 1 aliphatic carbocycles. The molecule has 2 aliphatic rings. The lowest BCUT2D eigenvalue weighted by atomic mass is 10.2. The standard InChI is InChI=1S/C17H20N4O3S/c22-16(19-17-21-20-15(25-17)11-3-4-11)18-12-5-7-13(8-6-12)24-10-14-2-1-9-23-14/h5-8,11,14H,1-4,9-10H2,(H2,18,19,21,22)/t14-/m0/s1. The lowest BCUT2D eigenvalue weighted by Crippen LogP contribution is -2.19. The molecule has 1 atom stereocenters. The smallest absolute Gasteiger partial charge is 0.325 e. The van der Waals surface area contributed by atoms with Crippen LogP contribution in [0.25, 0.3) is 0 Å². The minimum atomic E-state index is -0.327. The lowest BCUT2D eigenvalue weighted by Gasteiger charge is -2.12. The fraction of sp³-hybridized carbons (Fsp3) is 0.471. The van der Waals surface area contributed by atoms with Gasteiger partial charge in [-0.2, -0.15) is 0 Å². The summed E-state index contributed by atoms with van der Waals surface area (Å²) in [7, 11) is 0. The number of carbonyl (C=O) groups is 1. The van der Waals surface area contributed by atoms with Crippen LogP contribution in [0.5, 0.6) is 5.75 Å². The van der Waals surface area contributed by atoms with Crippen LogP contribution in [-0.2, 0) is 4.74 Å². The van der Waals surface area contributed by atoms with Crippen molar-refractivity contribution in [1.82, 2.24) is 10.2 Å². The van der Waals surface area contributed by atoms with Crippen LogP contribution in [0.3, 0.4) is 0 Å². The maximum atomic E-state index is 12.0. The molecule has 132 valence electrons. The highest BCUT2D eigenvalue weighted by Crippen LogP contribution is 2.42. The third-order valence-electron chi connectivity index (χ3n) is 4.16. The van der Waals surface area contributed by atoms with Gasteiger partial charge in [0, 0.05) is 18.2 Å². The summed E-state index contributed by atoms with van der Waals surface area (Å²) in [4.78, 5) is 12.0. The van der Waals surface area contributed by atoms with Crippen molar-refractivity contribution in [3.63, 3.8) is 0 Å². The normalized spacial score (nSPS) is 19.6. The van der Waals surface area contributed by atoms with Gasteiger partial charge in [0.1, 0.15) is 17.4 Å². The van der Waals surface area contributed by atoms with Crippen LogP contribution in [0.15, 0.2) is 24.3 Å². The largest absolute Gasteiger partial charge is 0.491 e. The molecule has 4 rings (SSSR count). The predicted molar refractivity (Wildman–Crippen MR) is 95.4 cm³/mol. The summed E-state index contributed by atoms with van der Waals surface area (Å²) in [5.74, 6) is 1.30. The Morgan fingerprint density at radius 2 is 2.04 bits per heavy atom. The molecule has 1 aromatic carbocycles. The highest BCUT2D eigenvalue weighted by atomic mass is 32.1. The molecule has 1 aromatic heterocycles. The van der Waals surface area contributed by atoms with Gasteiger partial charge in [0.25, 0.3) is 0 Å². The second-order valence-electron chi connectivity index (χ2n) is 6.27. The van der Waals surface area contributed by atoms with Gasteiger partial charge in [0.2, 0.25) is 5.13 Å². The number of anilines is 2. The van der Waals surface area contributed by atoms with Crippen molar-refractivity contribution in [2.24, 2.45) is 0 Å². The fourth-order valence-corrected chi connectivity index (χ4v) is 3.55. The van der Waals surface area contributed by atoms with Gasteiger partial charge in [-0.05, 0) is 49.9 Å². The average Bonchev–Trinajstić information content (AvgIpc) is 3.14. The van der Waals surface area contributed by atoms with Crippen LogP contribution < -0.4 is 15.4 Å². The van der Waals surface area contributed by atoms with Gasteiger partial charge in [-0.1, -0.05) is 11.3 Å². The average molecular weight is 360 g/mol.